The van der Waals surface area contributed by atoms with Gasteiger partial charge >= 0.3 is 12.2 Å². The van der Waals surface area contributed by atoms with Crippen molar-refractivity contribution in [1.29, 1.82) is 0 Å². The highest BCUT2D eigenvalue weighted by Gasteiger charge is 2.38. The number of carbonyl (C=O) groups is 4. The molecule has 59 heavy (non-hydrogen) atoms. The Morgan fingerprint density at radius 3 is 2.15 bits per heavy atom. The molecule has 2 aromatic carbocycles. The molecule has 0 bridgehead atoms. The van der Waals surface area contributed by atoms with Crippen LogP contribution in [-0.4, -0.2) is 87.1 Å². The number of benzene rings is 2. The van der Waals surface area contributed by atoms with Gasteiger partial charge in [0, 0.05) is 27.4 Å². The molecular formula is C43H44N8O6S2. The first-order valence-corrected chi connectivity index (χ1v) is 21.0. The van der Waals surface area contributed by atoms with Crippen molar-refractivity contribution in [3.63, 3.8) is 0 Å². The average molecular weight is 833 g/mol. The number of aromatic amines is 2. The molecule has 2 unspecified atom stereocenters. The minimum atomic E-state index is -0.914. The van der Waals surface area contributed by atoms with Crippen LogP contribution in [0.1, 0.15) is 62.0 Å². The number of fused-ring (bicyclic) bond motifs is 1. The standard InChI is InChI=1S/C43H44N8O6S2/c1-24(2)36(48-42(54)56-3)40(52)50-18-8-12-30(50)38-44-22-28(46-38)25-14-16-26(17-15-25)32-20-34-35(58-32)21-33(59-34)29-23-45-39(47-29)31-13-9-19-51(31)41(53)37(49-43(55)57-4)27-10-6-5-7-11-27/h5-7,9-11,13-17,20-24,30-31,36-37H,8,12,18-19H2,1-4H3,(H,44,46)(H,45,47)(H,48,54)(H,49,55)/t30-,31?,36-,37?/m0/s1. The lowest BCUT2D eigenvalue weighted by Gasteiger charge is -2.30. The SMILES string of the molecule is COC(=O)NC(C(=O)N1CC=CC1c1ncc(-c2cc3sc(-c4ccc(-c5cnc([C@@H]6CCCN6C(=O)[C@@H](NC(=O)OC)C(C)C)[nH]5)cc4)cc3s2)[nH]1)c1ccccc1. The Balaban J connectivity index is 0.938. The van der Waals surface area contributed by atoms with Gasteiger partial charge in [0.15, 0.2) is 0 Å². The predicted molar refractivity (Wildman–Crippen MR) is 226 cm³/mol. The predicted octanol–water partition coefficient (Wildman–Crippen LogP) is 7.99. The van der Waals surface area contributed by atoms with Gasteiger partial charge in [-0.2, -0.15) is 0 Å². The molecule has 4 N–H and O–H groups in total. The Labute approximate surface area is 348 Å². The van der Waals surface area contributed by atoms with Gasteiger partial charge in [-0.3, -0.25) is 9.59 Å². The highest BCUT2D eigenvalue weighted by atomic mass is 32.1. The Kier molecular flexibility index (Phi) is 11.3. The van der Waals surface area contributed by atoms with Crippen molar-refractivity contribution in [2.24, 2.45) is 5.92 Å². The van der Waals surface area contributed by atoms with Crippen LogP contribution in [0.5, 0.6) is 0 Å². The summed E-state index contributed by atoms with van der Waals surface area (Å²) in [5, 5.41) is 5.39. The summed E-state index contributed by atoms with van der Waals surface area (Å²) in [7, 11) is 2.56. The van der Waals surface area contributed by atoms with Crippen LogP contribution in [0.15, 0.2) is 91.3 Å². The number of nitrogens with zero attached hydrogens (tertiary/aromatic N) is 4. The summed E-state index contributed by atoms with van der Waals surface area (Å²) in [6.07, 6.45) is 7.80. The number of hydrogen-bond acceptors (Lipinski definition) is 10. The summed E-state index contributed by atoms with van der Waals surface area (Å²) in [5.74, 6) is 0.849. The number of thiophene rings is 2. The fraction of sp³-hybridized carbons (Fsp3) is 0.302. The number of hydrogen-bond donors (Lipinski definition) is 4. The van der Waals surface area contributed by atoms with Crippen LogP contribution in [0, 0.1) is 5.92 Å². The van der Waals surface area contributed by atoms with Crippen molar-refractivity contribution < 1.29 is 28.7 Å². The molecule has 8 rings (SSSR count). The Morgan fingerprint density at radius 1 is 0.780 bits per heavy atom. The van der Waals surface area contributed by atoms with E-state index < -0.39 is 30.3 Å². The zero-order valence-electron chi connectivity index (χ0n) is 32.9. The molecule has 4 atom stereocenters. The minimum Gasteiger partial charge on any atom is -0.453 e. The van der Waals surface area contributed by atoms with E-state index in [0.717, 1.165) is 60.3 Å². The lowest BCUT2D eigenvalue weighted by molar-refractivity contribution is -0.135. The highest BCUT2D eigenvalue weighted by molar-refractivity contribution is 7.31. The first kappa shape index (κ1) is 39.6. The number of ether oxygens (including phenoxy) is 2. The molecule has 0 aliphatic carbocycles. The summed E-state index contributed by atoms with van der Waals surface area (Å²) in [6, 6.07) is 19.6. The lowest BCUT2D eigenvalue weighted by Crippen LogP contribution is -2.51. The number of aromatic nitrogens is 4. The maximum Gasteiger partial charge on any atom is 0.407 e. The van der Waals surface area contributed by atoms with Gasteiger partial charge in [0.2, 0.25) is 5.91 Å². The number of alkyl carbamates (subject to hydrolysis) is 2. The van der Waals surface area contributed by atoms with Gasteiger partial charge in [0.25, 0.3) is 5.91 Å². The number of amides is 4. The van der Waals surface area contributed by atoms with Crippen molar-refractivity contribution in [2.45, 2.75) is 50.9 Å². The van der Waals surface area contributed by atoms with Crippen molar-refractivity contribution in [3.05, 3.63) is 108 Å². The molecule has 0 saturated carbocycles. The zero-order valence-corrected chi connectivity index (χ0v) is 34.6. The van der Waals surface area contributed by atoms with E-state index in [2.05, 4.69) is 67.0 Å². The molecule has 14 nitrogen and oxygen atoms in total. The van der Waals surface area contributed by atoms with Crippen molar-refractivity contribution in [2.75, 3.05) is 27.3 Å². The summed E-state index contributed by atoms with van der Waals surface area (Å²) in [6.45, 7) is 4.78. The molecule has 16 heteroatoms. The smallest absolute Gasteiger partial charge is 0.407 e. The molecule has 0 radical (unpaired) electrons. The topological polar surface area (TPSA) is 175 Å². The van der Waals surface area contributed by atoms with Crippen LogP contribution >= 0.6 is 22.7 Å². The molecule has 304 valence electrons. The molecule has 6 heterocycles. The zero-order chi connectivity index (χ0) is 41.2. The van der Waals surface area contributed by atoms with Gasteiger partial charge in [0.1, 0.15) is 29.8 Å². The molecular weight excluding hydrogens is 789 g/mol. The number of H-pyrrole nitrogens is 2. The highest BCUT2D eigenvalue weighted by Crippen LogP contribution is 2.42. The van der Waals surface area contributed by atoms with E-state index in [1.807, 2.05) is 55.3 Å². The molecule has 1 saturated heterocycles. The third kappa shape index (κ3) is 8.10. The van der Waals surface area contributed by atoms with Crippen molar-refractivity contribution >= 4 is 56.1 Å². The maximum atomic E-state index is 13.9. The average Bonchev–Trinajstić information content (AvgIpc) is 4.10. The Bertz CT molecular complexity index is 2470. The van der Waals surface area contributed by atoms with Gasteiger partial charge in [0.05, 0.1) is 48.9 Å². The second-order valence-corrected chi connectivity index (χ2v) is 16.9. The minimum absolute atomic E-state index is 0.106. The van der Waals surface area contributed by atoms with Gasteiger partial charge < -0.3 is 39.9 Å². The van der Waals surface area contributed by atoms with Crippen molar-refractivity contribution in [3.8, 4) is 32.3 Å². The number of likely N-dealkylation sites (tertiary alicyclic amines) is 1. The number of imidazole rings is 2. The van der Waals surface area contributed by atoms with Crippen LogP contribution in [0.2, 0.25) is 0 Å². The molecule has 0 spiro atoms. The largest absolute Gasteiger partial charge is 0.453 e. The van der Waals surface area contributed by atoms with Crippen LogP contribution in [-0.2, 0) is 19.1 Å². The second kappa shape index (κ2) is 16.9. The van der Waals surface area contributed by atoms with E-state index in [9.17, 15) is 19.2 Å². The van der Waals surface area contributed by atoms with E-state index in [-0.39, 0.29) is 23.8 Å². The van der Waals surface area contributed by atoms with E-state index in [0.29, 0.717) is 24.5 Å². The maximum absolute atomic E-state index is 13.9. The summed E-state index contributed by atoms with van der Waals surface area (Å²) in [5.41, 5.74) is 4.47. The third-order valence-corrected chi connectivity index (χ3v) is 13.1. The van der Waals surface area contributed by atoms with E-state index in [4.69, 9.17) is 9.47 Å². The monoisotopic (exact) mass is 832 g/mol. The first-order chi connectivity index (χ1) is 28.6. The number of methoxy groups -OCH3 is 2. The van der Waals surface area contributed by atoms with E-state index in [1.54, 1.807) is 45.9 Å². The van der Waals surface area contributed by atoms with Gasteiger partial charge in [-0.25, -0.2) is 19.6 Å². The first-order valence-electron chi connectivity index (χ1n) is 19.4. The quantitative estimate of drug-likeness (QED) is 0.0951. The van der Waals surface area contributed by atoms with E-state index >= 15 is 0 Å². The van der Waals surface area contributed by atoms with Gasteiger partial charge in [-0.1, -0.05) is 80.6 Å². The Morgan fingerprint density at radius 2 is 1.42 bits per heavy atom. The fourth-order valence-corrected chi connectivity index (χ4v) is 10.0. The van der Waals surface area contributed by atoms with Crippen LogP contribution in [0.25, 0.3) is 41.7 Å². The summed E-state index contributed by atoms with van der Waals surface area (Å²) < 4.78 is 11.9. The summed E-state index contributed by atoms with van der Waals surface area (Å²) in [4.78, 5) is 73.6. The summed E-state index contributed by atoms with van der Waals surface area (Å²) >= 11 is 3.40. The molecule has 6 aromatic rings. The molecule has 1 fully saturated rings. The Hall–Kier alpha value is -6.26. The number of rotatable bonds is 11. The van der Waals surface area contributed by atoms with Crippen LogP contribution in [0.4, 0.5) is 9.59 Å². The van der Waals surface area contributed by atoms with Crippen LogP contribution < -0.4 is 10.6 Å². The normalized spacial score (nSPS) is 17.4. The van der Waals surface area contributed by atoms with Gasteiger partial charge in [-0.15, -0.1) is 22.7 Å². The van der Waals surface area contributed by atoms with Crippen molar-refractivity contribution in [1.82, 2.24) is 40.4 Å². The third-order valence-electron chi connectivity index (χ3n) is 10.7. The molecule has 2 aliphatic heterocycles. The number of nitrogens with one attached hydrogen (secondary N) is 4. The fourth-order valence-electron chi connectivity index (χ4n) is 7.64. The second-order valence-electron chi connectivity index (χ2n) is 14.8. The van der Waals surface area contributed by atoms with Gasteiger partial charge in [-0.05, 0) is 47.6 Å². The number of carbonyl (C=O) groups excluding carboxylic acids is 4. The van der Waals surface area contributed by atoms with Crippen LogP contribution in [0.3, 0.4) is 0 Å². The molecule has 4 amide bonds. The van der Waals surface area contributed by atoms with E-state index in [1.165, 1.54) is 14.2 Å². The molecule has 2 aliphatic rings. The molecule has 4 aromatic heterocycles. The lowest BCUT2D eigenvalue weighted by atomic mass is 10.0.